The molecule has 3 N–H and O–H groups in total. The van der Waals surface area contributed by atoms with E-state index in [9.17, 15) is 29.5 Å². The number of amides is 2. The van der Waals surface area contributed by atoms with Crippen LogP contribution in [-0.2, 0) is 9.59 Å². The second kappa shape index (κ2) is 11.5. The number of aliphatic hydroxyl groups excluding tert-OH is 2. The second-order valence-corrected chi connectivity index (χ2v) is 9.44. The van der Waals surface area contributed by atoms with Gasteiger partial charge in [0, 0.05) is 26.2 Å². The first kappa shape index (κ1) is 25.6. The van der Waals surface area contributed by atoms with Gasteiger partial charge in [-0.15, -0.1) is 0 Å². The Kier molecular flexibility index (Phi) is 8.18. The summed E-state index contributed by atoms with van der Waals surface area (Å²) in [6.45, 7) is 2.19. The van der Waals surface area contributed by atoms with Gasteiger partial charge in [0.2, 0.25) is 0 Å². The molecule has 190 valence electrons. The highest BCUT2D eigenvalue weighted by molar-refractivity contribution is 5.91. The maximum Gasteiger partial charge on any atom is 0.255 e. The Balaban J connectivity index is 1.27. The van der Waals surface area contributed by atoms with Crippen LogP contribution in [0.4, 0.5) is 10.1 Å². The molecule has 36 heavy (non-hydrogen) atoms. The second-order valence-electron chi connectivity index (χ2n) is 9.44. The molecule has 4 rings (SSSR count). The molecule has 2 aliphatic rings. The lowest BCUT2D eigenvalue weighted by molar-refractivity contribution is -0.153. The van der Waals surface area contributed by atoms with E-state index in [1.807, 2.05) is 18.2 Å². The number of aliphatic hydroxyl groups is 2. The highest BCUT2D eigenvalue weighted by Crippen LogP contribution is 2.33. The van der Waals surface area contributed by atoms with E-state index in [4.69, 9.17) is 0 Å². The van der Waals surface area contributed by atoms with Crippen molar-refractivity contribution >= 4 is 17.5 Å². The van der Waals surface area contributed by atoms with Crippen molar-refractivity contribution in [2.45, 2.75) is 43.9 Å². The molecular formula is C27H31FN4O4. The van der Waals surface area contributed by atoms with Crippen molar-refractivity contribution in [1.29, 1.82) is 5.26 Å². The molecule has 9 heteroatoms. The minimum Gasteiger partial charge on any atom is -0.380 e. The summed E-state index contributed by atoms with van der Waals surface area (Å²) in [5, 5.41) is 32.9. The molecule has 2 aliphatic heterocycles. The van der Waals surface area contributed by atoms with E-state index in [1.54, 1.807) is 18.2 Å². The number of rotatable bonds is 7. The summed E-state index contributed by atoms with van der Waals surface area (Å²) in [5.74, 6) is -1.69. The van der Waals surface area contributed by atoms with Gasteiger partial charge in [-0.25, -0.2) is 4.39 Å². The van der Waals surface area contributed by atoms with Gasteiger partial charge in [-0.1, -0.05) is 24.3 Å². The first-order valence-corrected chi connectivity index (χ1v) is 12.3. The molecule has 0 spiro atoms. The van der Waals surface area contributed by atoms with E-state index in [0.29, 0.717) is 31.5 Å². The number of benzene rings is 2. The number of para-hydroxylation sites is 1. The molecule has 2 heterocycles. The van der Waals surface area contributed by atoms with Crippen LogP contribution in [0.15, 0.2) is 48.5 Å². The fraction of sp³-hybridized carbons (Fsp3) is 0.444. The molecule has 2 saturated heterocycles. The van der Waals surface area contributed by atoms with Crippen LogP contribution in [0, 0.1) is 23.1 Å². The number of likely N-dealkylation sites (tertiary alicyclic amines) is 1. The van der Waals surface area contributed by atoms with Crippen LogP contribution in [0.2, 0.25) is 0 Å². The lowest BCUT2D eigenvalue weighted by Gasteiger charge is -2.34. The van der Waals surface area contributed by atoms with Gasteiger partial charge in [0.15, 0.2) is 12.2 Å². The zero-order valence-electron chi connectivity index (χ0n) is 20.0. The molecule has 0 radical (unpaired) electrons. The molecule has 1 unspecified atom stereocenters. The van der Waals surface area contributed by atoms with Crippen molar-refractivity contribution in [2.75, 3.05) is 31.1 Å². The summed E-state index contributed by atoms with van der Waals surface area (Å²) >= 11 is 0. The molecule has 0 aromatic heterocycles. The van der Waals surface area contributed by atoms with E-state index in [-0.39, 0.29) is 17.8 Å². The zero-order valence-corrected chi connectivity index (χ0v) is 20.0. The zero-order chi connectivity index (χ0) is 25.7. The molecule has 2 aromatic rings. The molecular weight excluding hydrogens is 463 g/mol. The largest absolute Gasteiger partial charge is 0.380 e. The lowest BCUT2D eigenvalue weighted by Crippen LogP contribution is -2.51. The van der Waals surface area contributed by atoms with Crippen molar-refractivity contribution < 1.29 is 24.2 Å². The third-order valence-corrected chi connectivity index (χ3v) is 7.16. The molecule has 0 bridgehead atoms. The Bertz CT molecular complexity index is 1110. The smallest absolute Gasteiger partial charge is 0.255 e. The Labute approximate surface area is 209 Å². The van der Waals surface area contributed by atoms with Crippen molar-refractivity contribution in [3.05, 3.63) is 65.5 Å². The Morgan fingerprint density at radius 3 is 2.42 bits per heavy atom. The number of anilines is 1. The summed E-state index contributed by atoms with van der Waals surface area (Å²) in [5.41, 5.74) is 2.28. The molecule has 3 atom stereocenters. The number of halogens is 1. The number of nitriles is 1. The van der Waals surface area contributed by atoms with Crippen LogP contribution in [-0.4, -0.2) is 65.3 Å². The average molecular weight is 495 g/mol. The number of nitrogens with zero attached hydrogens (tertiary/aromatic N) is 3. The van der Waals surface area contributed by atoms with Crippen molar-refractivity contribution in [1.82, 2.24) is 10.2 Å². The monoisotopic (exact) mass is 494 g/mol. The van der Waals surface area contributed by atoms with E-state index in [2.05, 4.69) is 16.3 Å². The molecule has 0 saturated carbocycles. The van der Waals surface area contributed by atoms with Crippen LogP contribution < -0.4 is 10.2 Å². The first-order chi connectivity index (χ1) is 17.4. The van der Waals surface area contributed by atoms with E-state index >= 15 is 0 Å². The minimum atomic E-state index is -1.88. The summed E-state index contributed by atoms with van der Waals surface area (Å²) in [7, 11) is 0. The summed E-state index contributed by atoms with van der Waals surface area (Å²) in [6.07, 6.45) is -0.801. The number of piperidine rings is 1. The maximum absolute atomic E-state index is 13.3. The fourth-order valence-electron chi connectivity index (χ4n) is 5.08. The number of carbonyl (C=O) groups is 2. The number of hydrogen-bond donors (Lipinski definition) is 3. The van der Waals surface area contributed by atoms with Gasteiger partial charge < -0.3 is 25.3 Å². The van der Waals surface area contributed by atoms with Crippen LogP contribution >= 0.6 is 0 Å². The quantitative estimate of drug-likeness (QED) is 0.543. The number of hydrogen-bond acceptors (Lipinski definition) is 6. The van der Waals surface area contributed by atoms with E-state index in [1.165, 1.54) is 17.0 Å². The van der Waals surface area contributed by atoms with Crippen LogP contribution in [0.3, 0.4) is 0 Å². The lowest BCUT2D eigenvalue weighted by atomic mass is 9.95. The van der Waals surface area contributed by atoms with Crippen molar-refractivity contribution in [3.8, 4) is 6.07 Å². The molecule has 0 aliphatic carbocycles. The minimum absolute atomic E-state index is 0.181. The normalized spacial score (nSPS) is 20.0. The summed E-state index contributed by atoms with van der Waals surface area (Å²) in [4.78, 5) is 29.0. The van der Waals surface area contributed by atoms with E-state index in [0.717, 1.165) is 37.2 Å². The summed E-state index contributed by atoms with van der Waals surface area (Å²) < 4.78 is 13.3. The topological polar surface area (TPSA) is 117 Å². The maximum atomic E-state index is 13.3. The summed E-state index contributed by atoms with van der Waals surface area (Å²) in [6, 6.07) is 15.2. The Hall–Kier alpha value is -3.48. The predicted molar refractivity (Wildman–Crippen MR) is 131 cm³/mol. The third kappa shape index (κ3) is 5.66. The van der Waals surface area contributed by atoms with Gasteiger partial charge in [0.1, 0.15) is 11.9 Å². The third-order valence-electron chi connectivity index (χ3n) is 7.16. The first-order valence-electron chi connectivity index (χ1n) is 12.3. The van der Waals surface area contributed by atoms with Crippen LogP contribution in [0.5, 0.6) is 0 Å². The number of nitrogens with one attached hydrogen (secondary N) is 1. The van der Waals surface area contributed by atoms with Gasteiger partial charge in [0.25, 0.3) is 11.8 Å². The fourth-order valence-corrected chi connectivity index (χ4v) is 5.08. The van der Waals surface area contributed by atoms with Crippen molar-refractivity contribution in [2.24, 2.45) is 5.92 Å². The van der Waals surface area contributed by atoms with Crippen molar-refractivity contribution in [3.63, 3.8) is 0 Å². The SMILES string of the molecule is N#Cc1ccccc1N1CCC(CNC(=O)[C@H](O)[C@@H](O)C(=O)N2CCCC2c2ccc(F)cc2)CC1. The van der Waals surface area contributed by atoms with Gasteiger partial charge in [-0.2, -0.15) is 5.26 Å². The molecule has 8 nitrogen and oxygen atoms in total. The van der Waals surface area contributed by atoms with Gasteiger partial charge >= 0.3 is 0 Å². The Morgan fingerprint density at radius 2 is 1.72 bits per heavy atom. The van der Waals surface area contributed by atoms with Crippen LogP contribution in [0.1, 0.15) is 42.9 Å². The van der Waals surface area contributed by atoms with Gasteiger partial charge in [-0.3, -0.25) is 9.59 Å². The average Bonchev–Trinajstić information content (AvgIpc) is 3.41. The Morgan fingerprint density at radius 1 is 1.03 bits per heavy atom. The highest BCUT2D eigenvalue weighted by Gasteiger charge is 2.38. The molecule has 2 fully saturated rings. The standard InChI is InChI=1S/C27H31FN4O4/c28-21-9-7-19(8-10-21)23-6-3-13-32(23)27(36)25(34)24(33)26(35)30-17-18-11-14-31(15-12-18)22-5-2-1-4-20(22)16-29/h1-2,4-5,7-10,18,23-25,33-34H,3,6,11-15,17H2,(H,30,35)/t23?,24-,25-/m1/s1. The van der Waals surface area contributed by atoms with Gasteiger partial charge in [-0.05, 0) is 61.4 Å². The highest BCUT2D eigenvalue weighted by atomic mass is 19.1. The van der Waals surface area contributed by atoms with Gasteiger partial charge in [0.05, 0.1) is 17.3 Å². The van der Waals surface area contributed by atoms with E-state index < -0.39 is 24.0 Å². The predicted octanol–water partition coefficient (Wildman–Crippen LogP) is 2.12. The van der Waals surface area contributed by atoms with Crippen LogP contribution in [0.25, 0.3) is 0 Å². The molecule has 2 aromatic carbocycles. The molecule has 2 amide bonds. The number of carbonyl (C=O) groups excluding carboxylic acids is 2.